The van der Waals surface area contributed by atoms with Gasteiger partial charge in [0.15, 0.2) is 0 Å². The maximum atomic E-state index is 9.13. The van der Waals surface area contributed by atoms with Crippen LogP contribution in [0.5, 0.6) is 0 Å². The van der Waals surface area contributed by atoms with Gasteiger partial charge in [0.05, 0.1) is 23.5 Å². The van der Waals surface area contributed by atoms with Gasteiger partial charge >= 0.3 is 0 Å². The molecule has 0 aliphatic heterocycles. The minimum atomic E-state index is 0.611. The zero-order valence-corrected chi connectivity index (χ0v) is 11.6. The molecule has 2 aromatic rings. The minimum absolute atomic E-state index is 0.611. The predicted molar refractivity (Wildman–Crippen MR) is 77.2 cm³/mol. The molecular formula is C15H14ClN3. The first-order valence-electron chi connectivity index (χ1n) is 5.93. The number of rotatable bonds is 3. The van der Waals surface area contributed by atoms with E-state index in [-0.39, 0.29) is 0 Å². The topological polar surface area (TPSA) is 39.9 Å². The van der Waals surface area contributed by atoms with Crippen molar-refractivity contribution in [3.63, 3.8) is 0 Å². The molecule has 0 N–H and O–H groups in total. The van der Waals surface area contributed by atoms with Crippen molar-refractivity contribution in [3.05, 3.63) is 58.4 Å². The lowest BCUT2D eigenvalue weighted by Crippen LogP contribution is -2.18. The quantitative estimate of drug-likeness (QED) is 0.857. The number of halogens is 1. The molecule has 3 nitrogen and oxygen atoms in total. The molecule has 1 aromatic heterocycles. The van der Waals surface area contributed by atoms with Crippen molar-refractivity contribution >= 4 is 17.3 Å². The van der Waals surface area contributed by atoms with Crippen molar-refractivity contribution in [2.24, 2.45) is 0 Å². The van der Waals surface area contributed by atoms with E-state index in [1.807, 2.05) is 37.1 Å². The fourth-order valence-electron chi connectivity index (χ4n) is 1.93. The number of anilines is 1. The van der Waals surface area contributed by atoms with E-state index >= 15 is 0 Å². The summed E-state index contributed by atoms with van der Waals surface area (Å²) in [5.41, 5.74) is 3.38. The van der Waals surface area contributed by atoms with Crippen molar-refractivity contribution in [2.45, 2.75) is 13.5 Å². The maximum absolute atomic E-state index is 9.13. The summed E-state index contributed by atoms with van der Waals surface area (Å²) in [4.78, 5) is 6.44. The van der Waals surface area contributed by atoms with Crippen LogP contribution in [0.2, 0.25) is 5.02 Å². The second-order valence-electron chi connectivity index (χ2n) is 4.40. The Balaban J connectivity index is 2.27. The smallest absolute Gasteiger partial charge is 0.101 e. The Hall–Kier alpha value is -2.05. The summed E-state index contributed by atoms with van der Waals surface area (Å²) in [7, 11) is 1.93. The molecule has 4 heteroatoms. The molecular weight excluding hydrogens is 258 g/mol. The maximum Gasteiger partial charge on any atom is 0.101 e. The van der Waals surface area contributed by atoms with Gasteiger partial charge in [0.2, 0.25) is 0 Å². The highest BCUT2D eigenvalue weighted by Gasteiger charge is 2.09. The summed E-state index contributed by atoms with van der Waals surface area (Å²) in [6, 6.07) is 13.4. The van der Waals surface area contributed by atoms with Gasteiger partial charge in [0, 0.05) is 17.8 Å². The normalized spacial score (nSPS) is 10.0. The lowest BCUT2D eigenvalue weighted by molar-refractivity contribution is 0.875. The second kappa shape index (κ2) is 5.73. The molecule has 0 spiro atoms. The van der Waals surface area contributed by atoms with E-state index in [0.717, 1.165) is 17.1 Å². The van der Waals surface area contributed by atoms with E-state index in [9.17, 15) is 0 Å². The molecule has 96 valence electrons. The van der Waals surface area contributed by atoms with Gasteiger partial charge < -0.3 is 4.90 Å². The fourth-order valence-corrected chi connectivity index (χ4v) is 2.10. The summed E-state index contributed by atoms with van der Waals surface area (Å²) in [5.74, 6) is 0. The predicted octanol–water partition coefficient (Wildman–Crippen LogP) is 3.55. The number of aryl methyl sites for hydroxylation is 1. The molecule has 0 saturated heterocycles. The summed E-state index contributed by atoms with van der Waals surface area (Å²) in [6.45, 7) is 2.60. The Morgan fingerprint density at radius 2 is 2.11 bits per heavy atom. The molecule has 0 atom stereocenters. The number of pyridine rings is 1. The average molecular weight is 272 g/mol. The van der Waals surface area contributed by atoms with E-state index in [4.69, 9.17) is 16.9 Å². The van der Waals surface area contributed by atoms with Crippen LogP contribution >= 0.6 is 11.6 Å². The highest BCUT2D eigenvalue weighted by Crippen LogP contribution is 2.24. The summed E-state index contributed by atoms with van der Waals surface area (Å²) in [6.07, 6.45) is 0. The van der Waals surface area contributed by atoms with Crippen molar-refractivity contribution in [1.82, 2.24) is 4.98 Å². The van der Waals surface area contributed by atoms with Gasteiger partial charge in [-0.05, 0) is 37.3 Å². The van der Waals surface area contributed by atoms with Crippen LogP contribution in [0, 0.1) is 18.3 Å². The third-order valence-corrected chi connectivity index (χ3v) is 3.07. The van der Waals surface area contributed by atoms with Crippen molar-refractivity contribution < 1.29 is 0 Å². The molecule has 0 bridgehead atoms. The molecule has 1 aromatic carbocycles. The molecule has 0 aliphatic carbocycles. The van der Waals surface area contributed by atoms with E-state index in [2.05, 4.69) is 11.1 Å². The third kappa shape index (κ3) is 3.24. The van der Waals surface area contributed by atoms with Crippen LogP contribution < -0.4 is 4.90 Å². The van der Waals surface area contributed by atoms with Crippen LogP contribution in [0.15, 0.2) is 36.4 Å². The van der Waals surface area contributed by atoms with Crippen LogP contribution in [0.3, 0.4) is 0 Å². The minimum Gasteiger partial charge on any atom is -0.368 e. The first-order chi connectivity index (χ1) is 9.10. The molecule has 19 heavy (non-hydrogen) atoms. The first kappa shape index (κ1) is 13.4. The van der Waals surface area contributed by atoms with Crippen LogP contribution in [0.4, 0.5) is 5.69 Å². The third-order valence-electron chi connectivity index (χ3n) is 2.84. The van der Waals surface area contributed by atoms with Crippen LogP contribution in [0.25, 0.3) is 0 Å². The average Bonchev–Trinajstić information content (AvgIpc) is 2.38. The van der Waals surface area contributed by atoms with E-state index in [1.54, 1.807) is 18.2 Å². The molecule has 0 unspecified atom stereocenters. The first-order valence-corrected chi connectivity index (χ1v) is 6.31. The number of aromatic nitrogens is 1. The lowest BCUT2D eigenvalue weighted by Gasteiger charge is -2.20. The molecule has 0 aliphatic rings. The number of nitrogens with zero attached hydrogens (tertiary/aromatic N) is 3. The number of hydrogen-bond donors (Lipinski definition) is 0. The second-order valence-corrected chi connectivity index (χ2v) is 4.84. The van der Waals surface area contributed by atoms with E-state index < -0.39 is 0 Å². The van der Waals surface area contributed by atoms with Gasteiger partial charge in [0.1, 0.15) is 6.07 Å². The summed E-state index contributed by atoms with van der Waals surface area (Å²) < 4.78 is 0. The van der Waals surface area contributed by atoms with E-state index in [0.29, 0.717) is 17.1 Å². The Morgan fingerprint density at radius 1 is 1.32 bits per heavy atom. The van der Waals surface area contributed by atoms with Gasteiger partial charge in [0.25, 0.3) is 0 Å². The van der Waals surface area contributed by atoms with Crippen LogP contribution in [-0.2, 0) is 6.54 Å². The molecule has 1 heterocycles. The monoisotopic (exact) mass is 271 g/mol. The molecule has 0 saturated carbocycles. The molecule has 0 radical (unpaired) electrons. The lowest BCUT2D eigenvalue weighted by atomic mass is 10.1. The summed E-state index contributed by atoms with van der Waals surface area (Å²) in [5, 5.41) is 9.76. The molecule has 2 rings (SSSR count). The SMILES string of the molecule is Cc1cccc(CN(C)c2cc(Cl)ccc2C#N)n1. The van der Waals surface area contributed by atoms with Gasteiger partial charge in [-0.3, -0.25) is 4.98 Å². The van der Waals surface area contributed by atoms with Crippen molar-refractivity contribution in [3.8, 4) is 6.07 Å². The van der Waals surface area contributed by atoms with Gasteiger partial charge in [-0.1, -0.05) is 17.7 Å². The largest absolute Gasteiger partial charge is 0.368 e. The molecule has 0 amide bonds. The van der Waals surface area contributed by atoms with Crippen LogP contribution in [-0.4, -0.2) is 12.0 Å². The van der Waals surface area contributed by atoms with Gasteiger partial charge in [-0.15, -0.1) is 0 Å². The standard InChI is InChI=1S/C15H14ClN3/c1-11-4-3-5-14(18-11)10-19(2)15-8-13(16)7-6-12(15)9-17/h3-8H,10H2,1-2H3. The Kier molecular flexibility index (Phi) is 4.03. The Bertz CT molecular complexity index is 632. The van der Waals surface area contributed by atoms with Crippen molar-refractivity contribution in [2.75, 3.05) is 11.9 Å². The number of benzene rings is 1. The van der Waals surface area contributed by atoms with Crippen LogP contribution in [0.1, 0.15) is 17.0 Å². The highest BCUT2D eigenvalue weighted by atomic mass is 35.5. The van der Waals surface area contributed by atoms with Gasteiger partial charge in [-0.25, -0.2) is 0 Å². The molecule has 0 fully saturated rings. The Labute approximate surface area is 118 Å². The van der Waals surface area contributed by atoms with Crippen molar-refractivity contribution in [1.29, 1.82) is 5.26 Å². The fraction of sp³-hybridized carbons (Fsp3) is 0.200. The Morgan fingerprint density at radius 3 is 2.79 bits per heavy atom. The highest BCUT2D eigenvalue weighted by molar-refractivity contribution is 6.30. The van der Waals surface area contributed by atoms with Gasteiger partial charge in [-0.2, -0.15) is 5.26 Å². The van der Waals surface area contributed by atoms with E-state index in [1.165, 1.54) is 0 Å². The number of nitriles is 1. The number of hydrogen-bond acceptors (Lipinski definition) is 3. The zero-order valence-electron chi connectivity index (χ0n) is 10.9. The summed E-state index contributed by atoms with van der Waals surface area (Å²) >= 11 is 5.99. The zero-order chi connectivity index (χ0) is 13.8.